The van der Waals surface area contributed by atoms with Gasteiger partial charge in [-0.3, -0.25) is 0 Å². The minimum absolute atomic E-state index is 0.502. The normalized spacial score (nSPS) is 14.4. The van der Waals surface area contributed by atoms with Gasteiger partial charge in [0, 0.05) is 0 Å². The van der Waals surface area contributed by atoms with Gasteiger partial charge in [-0.2, -0.15) is 0 Å². The molecule has 0 N–H and O–H groups in total. The van der Waals surface area contributed by atoms with Crippen LogP contribution in [0.5, 0.6) is 0 Å². The van der Waals surface area contributed by atoms with Crippen LogP contribution in [0.25, 0.3) is 0 Å². The quantitative estimate of drug-likeness (QED) is 0.201. The van der Waals surface area contributed by atoms with E-state index in [-0.39, 0.29) is 0 Å². The topological polar surface area (TPSA) is 0 Å². The van der Waals surface area contributed by atoms with Crippen molar-refractivity contribution in [3.8, 4) is 0 Å². The molecule has 0 unspecified atom stereocenters. The molecule has 2 aromatic carbocycles. The van der Waals surface area contributed by atoms with E-state index >= 15 is 0 Å². The maximum absolute atomic E-state index is 2.90. The molecule has 2 rings (SSSR count). The van der Waals surface area contributed by atoms with Crippen LogP contribution < -0.4 is 8.79 Å². The van der Waals surface area contributed by atoms with Crippen LogP contribution in [0.3, 0.4) is 0 Å². The molecule has 43 heavy (non-hydrogen) atoms. The van der Waals surface area contributed by atoms with Crippen LogP contribution in [0.1, 0.15) is 48.9 Å². The number of hydrogen-bond donors (Lipinski definition) is 0. The van der Waals surface area contributed by atoms with Crippen molar-refractivity contribution in [3.05, 3.63) is 57.6 Å². The van der Waals surface area contributed by atoms with E-state index < -0.39 is 63.9 Å². The molecule has 0 saturated carbocycles. The van der Waals surface area contributed by atoms with E-state index in [1.54, 1.807) is 9.96 Å². The van der Waals surface area contributed by atoms with Gasteiger partial charge in [0.1, 0.15) is 0 Å². The second kappa shape index (κ2) is 13.1. The van der Waals surface area contributed by atoms with E-state index in [0.717, 1.165) is 15.5 Å². The summed E-state index contributed by atoms with van der Waals surface area (Å²) in [7, 11) is -9.00. The summed E-state index contributed by atoms with van der Waals surface area (Å²) in [5.41, 5.74) is 9.96. The molecule has 0 atom stereocenters. The fourth-order valence-electron chi connectivity index (χ4n) is 9.74. The molecule has 242 valence electrons. The van der Waals surface area contributed by atoms with Gasteiger partial charge in [0.15, 0.2) is 0 Å². The van der Waals surface area contributed by atoms with Gasteiger partial charge in [-0.05, 0) is 0 Å². The summed E-state index contributed by atoms with van der Waals surface area (Å²) in [6.45, 7) is 55.4. The van der Waals surface area contributed by atoms with Gasteiger partial charge in [0.2, 0.25) is 0 Å². The zero-order chi connectivity index (χ0) is 33.9. The Labute approximate surface area is 282 Å². The Morgan fingerprint density at radius 1 is 0.395 bits per heavy atom. The summed E-state index contributed by atoms with van der Waals surface area (Å²) >= 11 is -0.502. The van der Waals surface area contributed by atoms with E-state index in [1.165, 1.54) is 16.7 Å². The second-order valence-corrected chi connectivity index (χ2v) is 56.7. The predicted octanol–water partition coefficient (Wildman–Crippen LogP) is 10.8. The fourth-order valence-corrected chi connectivity index (χ4v) is 52.3. The second-order valence-electron chi connectivity index (χ2n) is 20.5. The van der Waals surface area contributed by atoms with Gasteiger partial charge in [0.05, 0.1) is 0 Å². The molecule has 2 radical (unpaired) electrons. The molecule has 0 spiro atoms. The van der Waals surface area contributed by atoms with Crippen molar-refractivity contribution in [2.24, 2.45) is 0 Å². The van der Waals surface area contributed by atoms with Crippen LogP contribution in [0.15, 0.2) is 24.3 Å². The van der Waals surface area contributed by atoms with Gasteiger partial charge in [-0.15, -0.1) is 0 Å². The molecular weight excluding hydrogens is 674 g/mol. The summed E-state index contributed by atoms with van der Waals surface area (Å²) in [5, 5.41) is 2.33. The third-order valence-electron chi connectivity index (χ3n) is 9.30. The van der Waals surface area contributed by atoms with Crippen LogP contribution in [-0.4, -0.2) is 63.9 Å². The zero-order valence-electron chi connectivity index (χ0n) is 32.5. The molecule has 0 nitrogen and oxygen atoms in total. The van der Waals surface area contributed by atoms with Crippen LogP contribution >= 0.6 is 0 Å². The van der Waals surface area contributed by atoms with E-state index in [1.807, 2.05) is 15.5 Å². The number of benzene rings is 2. The first kappa shape index (κ1) is 39.5. The average molecular weight is 744 g/mol. The average Bonchev–Trinajstić information content (AvgIpc) is 2.65. The molecular formula is C36H70GeSi6. The number of aryl methyl sites for hydroxylation is 3. The van der Waals surface area contributed by atoms with E-state index in [2.05, 4.69) is 163 Å². The van der Waals surface area contributed by atoms with E-state index in [0.29, 0.717) is 0 Å². The van der Waals surface area contributed by atoms with Crippen molar-refractivity contribution in [1.29, 1.82) is 0 Å². The first-order chi connectivity index (χ1) is 18.9. The molecule has 0 aliphatic rings. The van der Waals surface area contributed by atoms with Gasteiger partial charge in [-0.25, -0.2) is 0 Å². The Morgan fingerprint density at radius 2 is 0.674 bits per heavy atom. The van der Waals surface area contributed by atoms with Crippen LogP contribution in [0.4, 0.5) is 0 Å². The summed E-state index contributed by atoms with van der Waals surface area (Å²) in [6.07, 6.45) is 0. The first-order valence-electron chi connectivity index (χ1n) is 16.9. The van der Waals surface area contributed by atoms with Gasteiger partial charge >= 0.3 is 284 Å². The molecule has 2 aromatic rings. The third-order valence-corrected chi connectivity index (χ3v) is 41.1. The summed E-state index contributed by atoms with van der Waals surface area (Å²) < 4.78 is 3.59. The monoisotopic (exact) mass is 744 g/mol. The molecule has 7 heteroatoms. The molecule has 0 aliphatic heterocycles. The Balaban J connectivity index is 3.36. The van der Waals surface area contributed by atoms with Crippen LogP contribution in [0.2, 0.25) is 118 Å². The van der Waals surface area contributed by atoms with Crippen molar-refractivity contribution in [2.45, 2.75) is 154 Å². The summed E-state index contributed by atoms with van der Waals surface area (Å²) in [6, 6.07) is 10.7. The van der Waals surface area contributed by atoms with Crippen molar-refractivity contribution in [3.63, 3.8) is 0 Å². The Morgan fingerprint density at radius 3 is 0.930 bits per heavy atom. The zero-order valence-corrected chi connectivity index (χ0v) is 40.6. The molecule has 0 saturated heterocycles. The number of hydrogen-bond acceptors (Lipinski definition) is 0. The molecule has 0 aliphatic carbocycles. The number of rotatable bonds is 11. The van der Waals surface area contributed by atoms with Crippen LogP contribution in [0, 0.1) is 20.8 Å². The molecule has 0 heterocycles. The van der Waals surface area contributed by atoms with E-state index in [9.17, 15) is 0 Å². The predicted molar refractivity (Wildman–Crippen MR) is 220 cm³/mol. The maximum atomic E-state index is 2.90. The SMILES string of the molecule is Cc1cc(C)[c]([Ge][c]2c(C([Si](C)(C)C)[Si](C)(C)C)cc(C([Si](C)(C)C)[Si](C)(C)C)cc2C([Si](C)(C)C)[Si](C)(C)C)c(C)c1. The van der Waals surface area contributed by atoms with Crippen molar-refractivity contribution < 1.29 is 0 Å². The Kier molecular flexibility index (Phi) is 12.0. The van der Waals surface area contributed by atoms with Crippen molar-refractivity contribution in [2.75, 3.05) is 0 Å². The molecule has 0 aromatic heterocycles. The minimum atomic E-state index is -1.52. The molecule has 0 amide bonds. The first-order valence-corrected chi connectivity index (χ1v) is 40.5. The van der Waals surface area contributed by atoms with Crippen molar-refractivity contribution >= 4 is 72.7 Å². The standard InChI is InChI=1S/C36H70GeSi6/c1-26-22-27(2)32(28(3)23-26)37-33-30(35(40(10,11)12)41(13,14)15)24-29(34(38(4,5)6)39(7,8)9)25-31(33)36(42(16,17)18)43(19,20)21/h22-25,34-36H,1-21H3. The molecule has 0 fully saturated rings. The fraction of sp³-hybridized carbons (Fsp3) is 0.667. The van der Waals surface area contributed by atoms with Crippen LogP contribution in [-0.2, 0) is 0 Å². The third kappa shape index (κ3) is 9.66. The summed E-state index contributed by atoms with van der Waals surface area (Å²) in [5.74, 6) is 0. The van der Waals surface area contributed by atoms with Gasteiger partial charge in [0.25, 0.3) is 0 Å². The Hall–Kier alpha value is 0.284. The van der Waals surface area contributed by atoms with E-state index in [4.69, 9.17) is 0 Å². The molecule has 0 bridgehead atoms. The van der Waals surface area contributed by atoms with Crippen molar-refractivity contribution in [1.82, 2.24) is 0 Å². The van der Waals surface area contributed by atoms with Gasteiger partial charge < -0.3 is 0 Å². The van der Waals surface area contributed by atoms with Gasteiger partial charge in [-0.1, -0.05) is 0 Å². The summed E-state index contributed by atoms with van der Waals surface area (Å²) in [4.78, 5) is 0. The Bertz CT molecular complexity index is 1170.